The number of hydrogen-bond donors (Lipinski definition) is 0. The molecule has 0 atom stereocenters. The maximum Gasteiger partial charge on any atom is 1.00 e. The first kappa shape index (κ1) is 18.3. The summed E-state index contributed by atoms with van der Waals surface area (Å²) >= 11 is 0. The molecule has 0 fully saturated rings. The summed E-state index contributed by atoms with van der Waals surface area (Å²) in [5.41, 5.74) is 1.57. The first-order valence-electron chi connectivity index (χ1n) is 5.83. The Morgan fingerprint density at radius 3 is 2.17 bits per heavy atom. The van der Waals surface area contributed by atoms with Crippen LogP contribution in [0.3, 0.4) is 0 Å². The molecule has 0 N–H and O–H groups in total. The van der Waals surface area contributed by atoms with E-state index in [1.807, 2.05) is 12.1 Å². The largest absolute Gasteiger partial charge is 1.00 e. The van der Waals surface area contributed by atoms with E-state index < -0.39 is 6.98 Å². The first-order chi connectivity index (χ1) is 8.01. The number of rotatable bonds is 4. The number of aryl methyl sites for hydroxylation is 1. The fourth-order valence-electron chi connectivity index (χ4n) is 1.50. The summed E-state index contributed by atoms with van der Waals surface area (Å²) in [5.74, 6) is 3.45. The van der Waals surface area contributed by atoms with Crippen molar-refractivity contribution in [2.75, 3.05) is 0 Å². The molecule has 0 aliphatic heterocycles. The van der Waals surface area contributed by atoms with Crippen molar-refractivity contribution in [3.8, 4) is 11.7 Å². The van der Waals surface area contributed by atoms with Crippen LogP contribution in [0.15, 0.2) is 24.3 Å². The molecule has 1 aromatic rings. The van der Waals surface area contributed by atoms with E-state index in [0.29, 0.717) is 5.56 Å². The summed E-state index contributed by atoms with van der Waals surface area (Å²) in [6.07, 6.45) is 4.44. The second-order valence-electron chi connectivity index (χ2n) is 4.00. The third-order valence-corrected chi connectivity index (χ3v) is 2.40. The minimum atomic E-state index is -5.01. The molecular formula is C13H15BF3K. The molecule has 0 saturated carbocycles. The number of benzene rings is 1. The van der Waals surface area contributed by atoms with Gasteiger partial charge in [-0.15, -0.1) is 5.92 Å². The third-order valence-electron chi connectivity index (χ3n) is 2.40. The van der Waals surface area contributed by atoms with E-state index in [1.54, 1.807) is 12.1 Å². The van der Waals surface area contributed by atoms with E-state index >= 15 is 0 Å². The summed E-state index contributed by atoms with van der Waals surface area (Å²) in [6.45, 7) is -2.88. The Balaban J connectivity index is 0.00000289. The van der Waals surface area contributed by atoms with Crippen LogP contribution in [0.4, 0.5) is 12.9 Å². The van der Waals surface area contributed by atoms with E-state index in [2.05, 4.69) is 12.8 Å². The van der Waals surface area contributed by atoms with Gasteiger partial charge in [0.1, 0.15) is 0 Å². The summed E-state index contributed by atoms with van der Waals surface area (Å²) in [5, 5.41) is 0. The van der Waals surface area contributed by atoms with E-state index in [0.717, 1.165) is 24.8 Å². The normalized spacial score (nSPS) is 10.2. The number of unbranched alkanes of at least 4 members (excludes halogenated alkanes) is 2. The molecule has 0 spiro atoms. The first-order valence-corrected chi connectivity index (χ1v) is 5.83. The topological polar surface area (TPSA) is 0 Å². The van der Waals surface area contributed by atoms with Gasteiger partial charge in [0.15, 0.2) is 0 Å². The van der Waals surface area contributed by atoms with Crippen LogP contribution in [-0.4, -0.2) is 6.98 Å². The second-order valence-corrected chi connectivity index (χ2v) is 4.00. The molecule has 0 heterocycles. The van der Waals surface area contributed by atoms with Gasteiger partial charge in [-0.1, -0.05) is 31.9 Å². The van der Waals surface area contributed by atoms with Gasteiger partial charge in [-0.25, -0.2) is 0 Å². The Morgan fingerprint density at radius 1 is 1.06 bits per heavy atom. The molecule has 0 aliphatic carbocycles. The molecule has 0 radical (unpaired) electrons. The van der Waals surface area contributed by atoms with E-state index in [9.17, 15) is 12.9 Å². The smallest absolute Gasteiger partial charge is 0.438 e. The molecule has 0 saturated heterocycles. The van der Waals surface area contributed by atoms with Crippen molar-refractivity contribution in [3.05, 3.63) is 35.4 Å². The Labute approximate surface area is 149 Å². The molecule has 5 heteroatoms. The van der Waals surface area contributed by atoms with E-state index in [4.69, 9.17) is 0 Å². The zero-order valence-electron chi connectivity index (χ0n) is 10.8. The van der Waals surface area contributed by atoms with Crippen molar-refractivity contribution in [3.63, 3.8) is 0 Å². The molecule has 0 unspecified atom stereocenters. The van der Waals surface area contributed by atoms with Crippen molar-refractivity contribution in [2.45, 2.75) is 32.6 Å². The monoisotopic (exact) mass is 278 g/mol. The average molecular weight is 278 g/mol. The Bertz CT molecular complexity index is 401. The van der Waals surface area contributed by atoms with E-state index in [1.165, 1.54) is 12.2 Å². The Hall–Kier alpha value is 0.271. The van der Waals surface area contributed by atoms with Crippen molar-refractivity contribution in [1.82, 2.24) is 0 Å². The van der Waals surface area contributed by atoms with Crippen LogP contribution in [0.25, 0.3) is 0 Å². The van der Waals surface area contributed by atoms with Crippen LogP contribution in [-0.2, 0) is 6.42 Å². The van der Waals surface area contributed by atoms with Gasteiger partial charge in [0, 0.05) is 5.56 Å². The molecule has 0 aliphatic rings. The molecule has 0 bridgehead atoms. The molecule has 0 amide bonds. The Kier molecular flexibility index (Phi) is 9.36. The second kappa shape index (κ2) is 9.22. The van der Waals surface area contributed by atoms with Gasteiger partial charge in [-0.3, -0.25) is 0 Å². The summed E-state index contributed by atoms with van der Waals surface area (Å²) in [6, 6.07) is 7.00. The molecular weight excluding hydrogens is 263 g/mol. The quantitative estimate of drug-likeness (QED) is 0.440. The molecule has 1 rings (SSSR count). The Morgan fingerprint density at radius 2 is 1.67 bits per heavy atom. The van der Waals surface area contributed by atoms with Crippen molar-refractivity contribution in [2.24, 2.45) is 0 Å². The van der Waals surface area contributed by atoms with Crippen LogP contribution in [0.1, 0.15) is 37.3 Å². The zero-order valence-corrected chi connectivity index (χ0v) is 14.0. The summed E-state index contributed by atoms with van der Waals surface area (Å²) < 4.78 is 35.7. The predicted octanol–water partition coefficient (Wildman–Crippen LogP) is 1.16. The van der Waals surface area contributed by atoms with Crippen molar-refractivity contribution >= 4 is 6.98 Å². The van der Waals surface area contributed by atoms with Crippen LogP contribution in [0.5, 0.6) is 0 Å². The van der Waals surface area contributed by atoms with Crippen LogP contribution >= 0.6 is 0 Å². The standard InChI is InChI=1S/C13H15BF3.K/c1-2-3-4-5-12-6-8-13(9-7-12)10-11-14(15,16)17;/h6-9H,2-5H2,1H3;/q-1;+1. The van der Waals surface area contributed by atoms with Crippen molar-refractivity contribution < 1.29 is 64.3 Å². The van der Waals surface area contributed by atoms with Gasteiger partial charge in [0.25, 0.3) is 0 Å². The van der Waals surface area contributed by atoms with Gasteiger partial charge >= 0.3 is 58.4 Å². The van der Waals surface area contributed by atoms with Gasteiger partial charge in [0.2, 0.25) is 0 Å². The fourth-order valence-corrected chi connectivity index (χ4v) is 1.50. The SMILES string of the molecule is CCCCCc1ccc(C#C[B-](F)(F)F)cc1.[K+]. The molecule has 92 valence electrons. The zero-order chi connectivity index (χ0) is 12.7. The molecule has 0 nitrogen and oxygen atoms in total. The van der Waals surface area contributed by atoms with Crippen molar-refractivity contribution in [1.29, 1.82) is 0 Å². The van der Waals surface area contributed by atoms with Crippen LogP contribution < -0.4 is 51.4 Å². The summed E-state index contributed by atoms with van der Waals surface area (Å²) in [4.78, 5) is 0. The molecule has 1 aromatic carbocycles. The molecule has 0 aromatic heterocycles. The van der Waals surface area contributed by atoms with Gasteiger partial charge in [-0.2, -0.15) is 5.82 Å². The maximum atomic E-state index is 11.9. The van der Waals surface area contributed by atoms with Gasteiger partial charge < -0.3 is 12.9 Å². The fraction of sp³-hybridized carbons (Fsp3) is 0.385. The minimum absolute atomic E-state index is 0. The maximum absolute atomic E-state index is 11.9. The average Bonchev–Trinajstić information content (AvgIpc) is 2.27. The predicted molar refractivity (Wildman–Crippen MR) is 65.6 cm³/mol. The summed E-state index contributed by atoms with van der Waals surface area (Å²) in [7, 11) is 0. The van der Waals surface area contributed by atoms with Gasteiger partial charge in [-0.05, 0) is 30.5 Å². The minimum Gasteiger partial charge on any atom is -0.438 e. The third kappa shape index (κ3) is 8.39. The molecule has 18 heavy (non-hydrogen) atoms. The van der Waals surface area contributed by atoms with Crippen LogP contribution in [0.2, 0.25) is 0 Å². The van der Waals surface area contributed by atoms with E-state index in [-0.39, 0.29) is 51.4 Å². The number of hydrogen-bond acceptors (Lipinski definition) is 0. The van der Waals surface area contributed by atoms with Crippen LogP contribution in [0, 0.1) is 11.7 Å². The number of halogens is 3. The van der Waals surface area contributed by atoms with Gasteiger partial charge in [0.05, 0.1) is 0 Å².